The molecule has 7 heteroatoms. The van der Waals surface area contributed by atoms with Gasteiger partial charge in [0.15, 0.2) is 0 Å². The van der Waals surface area contributed by atoms with E-state index in [1.165, 1.54) is 64.5 Å². The summed E-state index contributed by atoms with van der Waals surface area (Å²) in [7, 11) is 0. The maximum Gasteiger partial charge on any atom is 0.404 e. The summed E-state index contributed by atoms with van der Waals surface area (Å²) in [5.74, 6) is 0.265. The lowest BCUT2D eigenvalue weighted by Crippen LogP contribution is -2.49. The van der Waals surface area contributed by atoms with Crippen molar-refractivity contribution in [2.75, 3.05) is 45.8 Å². The molecule has 0 radical (unpaired) electrons. The van der Waals surface area contributed by atoms with Crippen LogP contribution < -0.4 is 5.32 Å². The number of nitrogens with zero attached hydrogens (tertiary/aromatic N) is 3. The molecule has 1 spiro atoms. The highest BCUT2D eigenvalue weighted by molar-refractivity contribution is 5.78. The van der Waals surface area contributed by atoms with E-state index in [1.54, 1.807) is 0 Å². The fraction of sp³-hybridized carbons (Fsp3) is 0.909. The Morgan fingerprint density at radius 3 is 2.21 bits per heavy atom. The molecule has 3 heterocycles. The lowest BCUT2D eigenvalue weighted by Gasteiger charge is -2.43. The zero-order valence-electron chi connectivity index (χ0n) is 17.8. The minimum absolute atomic E-state index is 0.0308. The zero-order valence-corrected chi connectivity index (χ0v) is 17.8. The largest absolute Gasteiger partial charge is 0.465 e. The fourth-order valence-corrected chi connectivity index (χ4v) is 6.07. The van der Waals surface area contributed by atoms with E-state index in [2.05, 4.69) is 20.0 Å². The van der Waals surface area contributed by atoms with Crippen LogP contribution in [0, 0.1) is 5.41 Å². The summed E-state index contributed by atoms with van der Waals surface area (Å²) in [6, 6.07) is 0.849. The van der Waals surface area contributed by atoms with Crippen molar-refractivity contribution < 1.29 is 14.7 Å². The van der Waals surface area contributed by atoms with Crippen molar-refractivity contribution in [3.05, 3.63) is 0 Å². The van der Waals surface area contributed by atoms with Gasteiger partial charge in [0.05, 0.1) is 6.54 Å². The number of hydrogen-bond donors (Lipinski definition) is 2. The Bertz CT molecular complexity index is 577. The Morgan fingerprint density at radius 2 is 1.55 bits per heavy atom. The fourth-order valence-electron chi connectivity index (χ4n) is 6.07. The van der Waals surface area contributed by atoms with Crippen LogP contribution in [0.5, 0.6) is 0 Å². The molecule has 4 rings (SSSR count). The second-order valence-electron chi connectivity index (χ2n) is 9.89. The Balaban J connectivity index is 1.20. The average Bonchev–Trinajstić information content (AvgIpc) is 3.14. The summed E-state index contributed by atoms with van der Waals surface area (Å²) in [5, 5.41) is 11.4. The van der Waals surface area contributed by atoms with Crippen LogP contribution >= 0.6 is 0 Å². The summed E-state index contributed by atoms with van der Waals surface area (Å²) in [4.78, 5) is 30.7. The molecule has 2 amide bonds. The van der Waals surface area contributed by atoms with Crippen LogP contribution in [0.2, 0.25) is 0 Å². The maximum absolute atomic E-state index is 12.9. The van der Waals surface area contributed by atoms with E-state index in [9.17, 15) is 9.59 Å². The lowest BCUT2D eigenvalue weighted by molar-refractivity contribution is -0.132. The molecule has 4 aliphatic rings. The zero-order chi connectivity index (χ0) is 20.3. The number of hydrogen-bond acceptors (Lipinski definition) is 4. The van der Waals surface area contributed by atoms with Gasteiger partial charge in [-0.05, 0) is 63.5 Å². The molecule has 0 bridgehead atoms. The third-order valence-corrected chi connectivity index (χ3v) is 8.01. The number of carbonyl (C=O) groups excluding carboxylic acids is 1. The van der Waals surface area contributed by atoms with Crippen LogP contribution in [0.15, 0.2) is 0 Å². The predicted octanol–water partition coefficient (Wildman–Crippen LogP) is 2.37. The van der Waals surface area contributed by atoms with Gasteiger partial charge in [-0.2, -0.15) is 0 Å². The third kappa shape index (κ3) is 5.23. The smallest absolute Gasteiger partial charge is 0.404 e. The molecule has 0 aromatic heterocycles. The van der Waals surface area contributed by atoms with Crippen LogP contribution in [0.3, 0.4) is 0 Å². The lowest BCUT2D eigenvalue weighted by atomic mass is 9.77. The van der Waals surface area contributed by atoms with E-state index in [0.717, 1.165) is 45.1 Å². The molecule has 1 aliphatic carbocycles. The molecule has 29 heavy (non-hydrogen) atoms. The van der Waals surface area contributed by atoms with Crippen molar-refractivity contribution >= 4 is 12.0 Å². The molecule has 7 nitrogen and oxygen atoms in total. The first kappa shape index (κ1) is 20.9. The number of likely N-dealkylation sites (tertiary alicyclic amines) is 3. The molecule has 2 N–H and O–H groups in total. The van der Waals surface area contributed by atoms with E-state index in [-0.39, 0.29) is 11.9 Å². The van der Waals surface area contributed by atoms with Crippen molar-refractivity contribution in [2.45, 2.75) is 76.3 Å². The number of piperidine rings is 2. The second-order valence-corrected chi connectivity index (χ2v) is 9.89. The number of rotatable bonds is 4. The van der Waals surface area contributed by atoms with Gasteiger partial charge >= 0.3 is 6.09 Å². The molecule has 4 fully saturated rings. The van der Waals surface area contributed by atoms with Crippen molar-refractivity contribution in [1.29, 1.82) is 0 Å². The molecular formula is C22H38N4O3. The van der Waals surface area contributed by atoms with Gasteiger partial charge in [0, 0.05) is 38.3 Å². The van der Waals surface area contributed by atoms with Crippen LogP contribution in [0.1, 0.15) is 64.2 Å². The van der Waals surface area contributed by atoms with Crippen LogP contribution in [-0.2, 0) is 4.79 Å². The van der Waals surface area contributed by atoms with Crippen LogP contribution in [0.4, 0.5) is 4.79 Å². The molecule has 3 aliphatic heterocycles. The molecule has 164 valence electrons. The molecule has 1 saturated carbocycles. The molecular weight excluding hydrogens is 368 g/mol. The predicted molar refractivity (Wildman–Crippen MR) is 112 cm³/mol. The maximum atomic E-state index is 12.9. The van der Waals surface area contributed by atoms with Crippen LogP contribution in [0.25, 0.3) is 0 Å². The number of carboxylic acid groups (broad SMARTS) is 1. The molecule has 0 unspecified atom stereocenters. The van der Waals surface area contributed by atoms with Crippen molar-refractivity contribution in [2.24, 2.45) is 5.41 Å². The summed E-state index contributed by atoms with van der Waals surface area (Å²) in [6.07, 6.45) is 11.3. The molecule has 3 saturated heterocycles. The first-order chi connectivity index (χ1) is 14.0. The van der Waals surface area contributed by atoms with Crippen molar-refractivity contribution in [3.8, 4) is 0 Å². The Morgan fingerprint density at radius 1 is 0.897 bits per heavy atom. The normalized spacial score (nSPS) is 27.4. The second kappa shape index (κ2) is 9.21. The number of carbonyl (C=O) groups is 2. The highest BCUT2D eigenvalue weighted by Gasteiger charge is 2.43. The Kier molecular flexibility index (Phi) is 6.64. The Hall–Kier alpha value is -1.34. The number of amides is 2. The first-order valence-electron chi connectivity index (χ1n) is 11.8. The summed E-state index contributed by atoms with van der Waals surface area (Å²) in [6.45, 7) is 6.39. The quantitative estimate of drug-likeness (QED) is 0.750. The number of nitrogens with one attached hydrogen (secondary N) is 1. The topological polar surface area (TPSA) is 76.1 Å². The van der Waals surface area contributed by atoms with Gasteiger partial charge in [0.1, 0.15) is 0 Å². The van der Waals surface area contributed by atoms with Gasteiger partial charge in [-0.1, -0.05) is 19.3 Å². The van der Waals surface area contributed by atoms with Gasteiger partial charge in [0.25, 0.3) is 0 Å². The summed E-state index contributed by atoms with van der Waals surface area (Å²) >= 11 is 0. The minimum atomic E-state index is -0.948. The third-order valence-electron chi connectivity index (χ3n) is 8.01. The highest BCUT2D eigenvalue weighted by Crippen LogP contribution is 2.41. The summed E-state index contributed by atoms with van der Waals surface area (Å²) < 4.78 is 0. The highest BCUT2D eigenvalue weighted by atomic mass is 16.4. The van der Waals surface area contributed by atoms with E-state index in [4.69, 9.17) is 5.11 Å². The van der Waals surface area contributed by atoms with Gasteiger partial charge < -0.3 is 20.2 Å². The molecule has 0 aromatic carbocycles. The van der Waals surface area contributed by atoms with Gasteiger partial charge in [-0.3, -0.25) is 9.69 Å². The average molecular weight is 407 g/mol. The molecule has 0 atom stereocenters. The van der Waals surface area contributed by atoms with E-state index >= 15 is 0 Å². The van der Waals surface area contributed by atoms with Gasteiger partial charge in [-0.15, -0.1) is 0 Å². The summed E-state index contributed by atoms with van der Waals surface area (Å²) in [5.41, 5.74) is 0.360. The van der Waals surface area contributed by atoms with Crippen LogP contribution in [-0.4, -0.2) is 89.7 Å². The van der Waals surface area contributed by atoms with Gasteiger partial charge in [0.2, 0.25) is 5.91 Å². The van der Waals surface area contributed by atoms with E-state index in [1.807, 2.05) is 0 Å². The minimum Gasteiger partial charge on any atom is -0.465 e. The SMILES string of the molecule is O=C(O)NC1CCN(CC(=O)N2CCC3(CCN(C4CCCCC4)CC3)C2)CC1. The van der Waals surface area contributed by atoms with E-state index in [0.29, 0.717) is 12.0 Å². The van der Waals surface area contributed by atoms with Crippen molar-refractivity contribution in [1.82, 2.24) is 20.0 Å². The van der Waals surface area contributed by atoms with E-state index < -0.39 is 6.09 Å². The monoisotopic (exact) mass is 406 g/mol. The first-order valence-corrected chi connectivity index (χ1v) is 11.8. The molecule has 0 aromatic rings. The van der Waals surface area contributed by atoms with Crippen molar-refractivity contribution in [3.63, 3.8) is 0 Å². The Labute approximate surface area is 174 Å². The standard InChI is InChI=1S/C22H38N4O3/c27-20(16-24-11-6-18(7-12-24)23-21(28)29)26-15-10-22(17-26)8-13-25(14-9-22)19-4-2-1-3-5-19/h18-19,23H,1-17H2,(H,28,29). The van der Waals surface area contributed by atoms with Gasteiger partial charge in [-0.25, -0.2) is 4.79 Å².